The van der Waals surface area contributed by atoms with E-state index in [2.05, 4.69) is 31.7 Å². The molecule has 2 heteroatoms. The van der Waals surface area contributed by atoms with Crippen molar-refractivity contribution in [1.29, 1.82) is 0 Å². The van der Waals surface area contributed by atoms with Crippen LogP contribution in [-0.4, -0.2) is 12.6 Å². The summed E-state index contributed by atoms with van der Waals surface area (Å²) in [6.07, 6.45) is 3.45. The minimum atomic E-state index is -0.469. The lowest BCUT2D eigenvalue weighted by atomic mass is 9.68. The zero-order valence-electron chi connectivity index (χ0n) is 11.9. The number of esters is 1. The average molecular weight is 258 g/mol. The average Bonchev–Trinajstić information content (AvgIpc) is 2.40. The molecule has 2 rings (SSSR count). The third-order valence-corrected chi connectivity index (χ3v) is 4.05. The maximum Gasteiger partial charge on any atom is 0.316 e. The normalized spacial score (nSPS) is 18.1. The van der Waals surface area contributed by atoms with Gasteiger partial charge in [-0.25, -0.2) is 0 Å². The molecule has 0 N–H and O–H groups in total. The van der Waals surface area contributed by atoms with Gasteiger partial charge in [-0.1, -0.05) is 42.0 Å². The second-order valence-electron chi connectivity index (χ2n) is 5.42. The lowest BCUT2D eigenvalue weighted by Gasteiger charge is -2.36. The fraction of sp³-hybridized carbons (Fsp3) is 0.471. The Balaban J connectivity index is 2.39. The van der Waals surface area contributed by atoms with E-state index in [-0.39, 0.29) is 5.97 Å². The number of hydrogen-bond donors (Lipinski definition) is 0. The van der Waals surface area contributed by atoms with E-state index in [1.54, 1.807) is 0 Å². The Labute approximate surface area is 115 Å². The summed E-state index contributed by atoms with van der Waals surface area (Å²) in [5.41, 5.74) is 3.06. The molecule has 1 fully saturated rings. The van der Waals surface area contributed by atoms with Crippen molar-refractivity contribution in [2.45, 2.75) is 44.9 Å². The minimum Gasteiger partial charge on any atom is -0.465 e. The van der Waals surface area contributed by atoms with E-state index >= 15 is 0 Å². The van der Waals surface area contributed by atoms with E-state index in [0.717, 1.165) is 31.2 Å². The highest BCUT2D eigenvalue weighted by Crippen LogP contribution is 2.42. The molecule has 1 aliphatic rings. The van der Waals surface area contributed by atoms with Crippen LogP contribution in [0.2, 0.25) is 0 Å². The molecule has 0 atom stereocenters. The van der Waals surface area contributed by atoms with Crippen LogP contribution in [-0.2, 0) is 14.9 Å². The monoisotopic (exact) mass is 258 g/mol. The van der Waals surface area contributed by atoms with Gasteiger partial charge < -0.3 is 4.74 Å². The Morgan fingerprint density at radius 3 is 2.63 bits per heavy atom. The van der Waals surface area contributed by atoms with Gasteiger partial charge in [0.1, 0.15) is 0 Å². The van der Waals surface area contributed by atoms with E-state index in [0.29, 0.717) is 6.61 Å². The maximum absolute atomic E-state index is 12.5. The standard InChI is InChI=1S/C17H22O2/c1-4-19-16(18)17(10-8-13(2)9-11-17)15-7-5-6-14(3)12-15/h5-7,12H,2,4,8-11H2,1,3H3. The fourth-order valence-corrected chi connectivity index (χ4v) is 2.85. The highest BCUT2D eigenvalue weighted by molar-refractivity contribution is 5.83. The first-order valence-corrected chi connectivity index (χ1v) is 6.99. The van der Waals surface area contributed by atoms with Crippen molar-refractivity contribution < 1.29 is 9.53 Å². The smallest absolute Gasteiger partial charge is 0.316 e. The zero-order valence-corrected chi connectivity index (χ0v) is 11.9. The van der Waals surface area contributed by atoms with Crippen LogP contribution in [0.1, 0.15) is 43.7 Å². The summed E-state index contributed by atoms with van der Waals surface area (Å²) in [5.74, 6) is -0.0758. The number of hydrogen-bond acceptors (Lipinski definition) is 2. The third-order valence-electron chi connectivity index (χ3n) is 4.05. The maximum atomic E-state index is 12.5. The van der Waals surface area contributed by atoms with Crippen molar-refractivity contribution in [3.05, 3.63) is 47.5 Å². The summed E-state index contributed by atoms with van der Waals surface area (Å²) in [4.78, 5) is 12.5. The van der Waals surface area contributed by atoms with Gasteiger partial charge in [-0.05, 0) is 45.1 Å². The van der Waals surface area contributed by atoms with Crippen molar-refractivity contribution in [3.63, 3.8) is 0 Å². The van der Waals surface area contributed by atoms with Gasteiger partial charge in [-0.15, -0.1) is 0 Å². The molecule has 1 aliphatic carbocycles. The number of rotatable bonds is 3. The van der Waals surface area contributed by atoms with Gasteiger partial charge in [0.2, 0.25) is 0 Å². The molecule has 1 aromatic carbocycles. The third kappa shape index (κ3) is 2.73. The van der Waals surface area contributed by atoms with Crippen molar-refractivity contribution in [1.82, 2.24) is 0 Å². The first-order valence-electron chi connectivity index (χ1n) is 6.99. The number of allylic oxidation sites excluding steroid dienone is 1. The van der Waals surface area contributed by atoms with Crippen LogP contribution in [0.3, 0.4) is 0 Å². The SMILES string of the molecule is C=C1CCC(C(=O)OCC)(c2cccc(C)c2)CC1. The van der Waals surface area contributed by atoms with Crippen molar-refractivity contribution in [3.8, 4) is 0 Å². The van der Waals surface area contributed by atoms with Gasteiger partial charge in [-0.3, -0.25) is 4.79 Å². The molecule has 0 aromatic heterocycles. The zero-order chi connectivity index (χ0) is 13.9. The highest BCUT2D eigenvalue weighted by Gasteiger charge is 2.43. The minimum absolute atomic E-state index is 0.0758. The molecular weight excluding hydrogens is 236 g/mol. The van der Waals surface area contributed by atoms with Crippen molar-refractivity contribution in [2.24, 2.45) is 0 Å². The van der Waals surface area contributed by atoms with Gasteiger partial charge >= 0.3 is 5.97 Å². The first-order chi connectivity index (χ1) is 9.08. The summed E-state index contributed by atoms with van der Waals surface area (Å²) in [6.45, 7) is 8.41. The molecule has 1 saturated carbocycles. The molecule has 0 bridgehead atoms. The molecule has 1 aromatic rings. The molecule has 0 saturated heterocycles. The molecule has 0 spiro atoms. The predicted molar refractivity (Wildman–Crippen MR) is 77.1 cm³/mol. The number of carbonyl (C=O) groups is 1. The van der Waals surface area contributed by atoms with Crippen LogP contribution >= 0.6 is 0 Å². The highest BCUT2D eigenvalue weighted by atomic mass is 16.5. The van der Waals surface area contributed by atoms with E-state index < -0.39 is 5.41 Å². The number of carbonyl (C=O) groups excluding carboxylic acids is 1. The van der Waals surface area contributed by atoms with Gasteiger partial charge in [0, 0.05) is 0 Å². The lowest BCUT2D eigenvalue weighted by Crippen LogP contribution is -2.39. The Morgan fingerprint density at radius 1 is 1.37 bits per heavy atom. The van der Waals surface area contributed by atoms with Gasteiger partial charge in [0.25, 0.3) is 0 Å². The summed E-state index contributed by atoms with van der Waals surface area (Å²) >= 11 is 0. The quantitative estimate of drug-likeness (QED) is 0.606. The Hall–Kier alpha value is -1.57. The van der Waals surface area contributed by atoms with Crippen LogP contribution < -0.4 is 0 Å². The largest absolute Gasteiger partial charge is 0.465 e. The molecule has 0 amide bonds. The Morgan fingerprint density at radius 2 is 2.05 bits per heavy atom. The summed E-state index contributed by atoms with van der Waals surface area (Å²) in [5, 5.41) is 0. The number of benzene rings is 1. The predicted octanol–water partition coefficient (Wildman–Crippen LogP) is 3.93. The van der Waals surface area contributed by atoms with E-state index in [1.165, 1.54) is 11.1 Å². The van der Waals surface area contributed by atoms with Gasteiger partial charge in [-0.2, -0.15) is 0 Å². The molecule has 0 radical (unpaired) electrons. The van der Waals surface area contributed by atoms with E-state index in [4.69, 9.17) is 4.74 Å². The van der Waals surface area contributed by atoms with Crippen LogP contribution in [0.15, 0.2) is 36.4 Å². The first kappa shape index (κ1) is 13.9. The van der Waals surface area contributed by atoms with Crippen molar-refractivity contribution in [2.75, 3.05) is 6.61 Å². The molecular formula is C17H22O2. The summed E-state index contributed by atoms with van der Waals surface area (Å²) in [7, 11) is 0. The molecule has 19 heavy (non-hydrogen) atoms. The van der Waals surface area contributed by atoms with E-state index in [1.807, 2.05) is 13.0 Å². The molecule has 0 unspecified atom stereocenters. The van der Waals surface area contributed by atoms with Crippen LogP contribution in [0.5, 0.6) is 0 Å². The van der Waals surface area contributed by atoms with Crippen LogP contribution in [0.4, 0.5) is 0 Å². The second-order valence-corrected chi connectivity index (χ2v) is 5.42. The van der Waals surface area contributed by atoms with Crippen LogP contribution in [0.25, 0.3) is 0 Å². The topological polar surface area (TPSA) is 26.3 Å². The fourth-order valence-electron chi connectivity index (χ4n) is 2.85. The molecule has 0 aliphatic heterocycles. The number of aryl methyl sites for hydroxylation is 1. The number of ether oxygens (including phenoxy) is 1. The second kappa shape index (κ2) is 5.60. The Kier molecular flexibility index (Phi) is 4.08. The molecule has 2 nitrogen and oxygen atoms in total. The van der Waals surface area contributed by atoms with Crippen molar-refractivity contribution >= 4 is 5.97 Å². The van der Waals surface area contributed by atoms with Crippen LogP contribution in [0, 0.1) is 6.92 Å². The van der Waals surface area contributed by atoms with E-state index in [9.17, 15) is 4.79 Å². The molecule has 102 valence electrons. The Bertz CT molecular complexity index is 478. The van der Waals surface area contributed by atoms with Gasteiger partial charge in [0.15, 0.2) is 0 Å². The molecule has 0 heterocycles. The lowest BCUT2D eigenvalue weighted by molar-refractivity contribution is -0.151. The summed E-state index contributed by atoms with van der Waals surface area (Å²) in [6, 6.07) is 8.25. The van der Waals surface area contributed by atoms with Gasteiger partial charge in [0.05, 0.1) is 12.0 Å². The summed E-state index contributed by atoms with van der Waals surface area (Å²) < 4.78 is 5.35.